The fourth-order valence-electron chi connectivity index (χ4n) is 3.01. The third-order valence-corrected chi connectivity index (χ3v) is 3.93. The van der Waals surface area contributed by atoms with Crippen LogP contribution in [-0.2, 0) is 0 Å². The Morgan fingerprint density at radius 3 is 2.21 bits per heavy atom. The van der Waals surface area contributed by atoms with Crippen LogP contribution in [-0.4, -0.2) is 10.7 Å². The number of aliphatic hydroxyl groups is 1. The van der Waals surface area contributed by atoms with Crippen molar-refractivity contribution in [2.75, 3.05) is 0 Å². The summed E-state index contributed by atoms with van der Waals surface area (Å²) >= 11 is 0. The van der Waals surface area contributed by atoms with Crippen LogP contribution in [0.25, 0.3) is 0 Å². The Bertz CT molecular complexity index is 178. The Morgan fingerprint density at radius 1 is 1.21 bits per heavy atom. The topological polar surface area (TPSA) is 20.2 Å². The number of rotatable bonds is 2. The molecule has 1 nitrogen and oxygen atoms in total. The lowest BCUT2D eigenvalue weighted by atomic mass is 9.65. The molecule has 84 valence electrons. The van der Waals surface area contributed by atoms with Crippen LogP contribution >= 0.6 is 0 Å². The van der Waals surface area contributed by atoms with E-state index in [1.165, 1.54) is 19.3 Å². The van der Waals surface area contributed by atoms with E-state index in [0.717, 1.165) is 5.92 Å². The summed E-state index contributed by atoms with van der Waals surface area (Å²) in [5, 5.41) is 10.2. The standard InChI is InChI=1S/C13H26O/c1-9(2)11-7-6-10(3)8-12(11)13(4,5)14/h9-12,14H,6-8H2,1-5H3. The van der Waals surface area contributed by atoms with Gasteiger partial charge in [0, 0.05) is 0 Å². The molecule has 1 rings (SSSR count). The highest BCUT2D eigenvalue weighted by molar-refractivity contribution is 4.89. The van der Waals surface area contributed by atoms with Gasteiger partial charge >= 0.3 is 0 Å². The first-order chi connectivity index (χ1) is 6.32. The van der Waals surface area contributed by atoms with Gasteiger partial charge in [-0.2, -0.15) is 0 Å². The molecule has 0 saturated heterocycles. The summed E-state index contributed by atoms with van der Waals surface area (Å²) in [5.41, 5.74) is -0.496. The molecule has 3 atom stereocenters. The molecule has 0 aromatic carbocycles. The van der Waals surface area contributed by atoms with E-state index in [1.54, 1.807) is 0 Å². The van der Waals surface area contributed by atoms with Gasteiger partial charge in [0.2, 0.25) is 0 Å². The van der Waals surface area contributed by atoms with Gasteiger partial charge in [0.1, 0.15) is 0 Å². The monoisotopic (exact) mass is 198 g/mol. The first-order valence-corrected chi connectivity index (χ1v) is 6.04. The van der Waals surface area contributed by atoms with Crippen molar-refractivity contribution in [2.24, 2.45) is 23.7 Å². The predicted molar refractivity (Wildman–Crippen MR) is 61.1 cm³/mol. The van der Waals surface area contributed by atoms with Crippen LogP contribution in [0.5, 0.6) is 0 Å². The van der Waals surface area contributed by atoms with E-state index in [9.17, 15) is 5.11 Å². The van der Waals surface area contributed by atoms with Gasteiger partial charge in [-0.3, -0.25) is 0 Å². The van der Waals surface area contributed by atoms with E-state index in [2.05, 4.69) is 20.8 Å². The second-order valence-electron chi connectivity index (χ2n) is 6.09. The summed E-state index contributed by atoms with van der Waals surface area (Å²) in [6.07, 6.45) is 3.84. The Balaban J connectivity index is 2.74. The van der Waals surface area contributed by atoms with Crippen molar-refractivity contribution in [3.63, 3.8) is 0 Å². The van der Waals surface area contributed by atoms with Crippen LogP contribution in [0.1, 0.15) is 53.9 Å². The van der Waals surface area contributed by atoms with Crippen LogP contribution in [0.3, 0.4) is 0 Å². The zero-order chi connectivity index (χ0) is 10.9. The number of hydrogen-bond acceptors (Lipinski definition) is 1. The quantitative estimate of drug-likeness (QED) is 0.720. The molecule has 1 aliphatic rings. The third-order valence-electron chi connectivity index (χ3n) is 3.93. The highest BCUT2D eigenvalue weighted by Crippen LogP contribution is 2.43. The lowest BCUT2D eigenvalue weighted by Gasteiger charge is -2.43. The van der Waals surface area contributed by atoms with Gasteiger partial charge < -0.3 is 5.11 Å². The summed E-state index contributed by atoms with van der Waals surface area (Å²) in [5.74, 6) is 2.71. The van der Waals surface area contributed by atoms with Gasteiger partial charge in [0.15, 0.2) is 0 Å². The maximum atomic E-state index is 10.2. The highest BCUT2D eigenvalue weighted by atomic mass is 16.3. The molecule has 1 aliphatic carbocycles. The third kappa shape index (κ3) is 2.73. The molecule has 1 fully saturated rings. The lowest BCUT2D eigenvalue weighted by Crippen LogP contribution is -2.41. The molecule has 0 radical (unpaired) electrons. The van der Waals surface area contributed by atoms with Crippen molar-refractivity contribution in [1.82, 2.24) is 0 Å². The summed E-state index contributed by atoms with van der Waals surface area (Å²) in [6, 6.07) is 0. The van der Waals surface area contributed by atoms with Gasteiger partial charge in [-0.05, 0) is 50.4 Å². The second kappa shape index (κ2) is 4.22. The van der Waals surface area contributed by atoms with Crippen molar-refractivity contribution in [3.8, 4) is 0 Å². The Hall–Kier alpha value is -0.0400. The molecule has 0 aromatic rings. The van der Waals surface area contributed by atoms with E-state index in [1.807, 2.05) is 13.8 Å². The summed E-state index contributed by atoms with van der Waals surface area (Å²) < 4.78 is 0. The minimum atomic E-state index is -0.496. The van der Waals surface area contributed by atoms with Crippen LogP contribution in [0.2, 0.25) is 0 Å². The van der Waals surface area contributed by atoms with Gasteiger partial charge in [0.25, 0.3) is 0 Å². The normalized spacial score (nSPS) is 34.9. The van der Waals surface area contributed by atoms with E-state index in [-0.39, 0.29) is 0 Å². The molecular weight excluding hydrogens is 172 g/mol. The fraction of sp³-hybridized carbons (Fsp3) is 1.00. The van der Waals surface area contributed by atoms with Crippen LogP contribution < -0.4 is 0 Å². The summed E-state index contributed by atoms with van der Waals surface area (Å²) in [7, 11) is 0. The van der Waals surface area contributed by atoms with Gasteiger partial charge in [-0.15, -0.1) is 0 Å². The van der Waals surface area contributed by atoms with Crippen molar-refractivity contribution in [1.29, 1.82) is 0 Å². The Morgan fingerprint density at radius 2 is 1.79 bits per heavy atom. The molecule has 0 spiro atoms. The molecule has 0 amide bonds. The molecule has 0 bridgehead atoms. The van der Waals surface area contributed by atoms with Gasteiger partial charge in [0.05, 0.1) is 5.60 Å². The fourth-order valence-corrected chi connectivity index (χ4v) is 3.01. The van der Waals surface area contributed by atoms with Crippen LogP contribution in [0.15, 0.2) is 0 Å². The van der Waals surface area contributed by atoms with Crippen molar-refractivity contribution in [2.45, 2.75) is 59.5 Å². The number of hydrogen-bond donors (Lipinski definition) is 1. The SMILES string of the molecule is CC1CCC(C(C)C)C(C(C)(C)O)C1. The van der Waals surface area contributed by atoms with Crippen LogP contribution in [0.4, 0.5) is 0 Å². The van der Waals surface area contributed by atoms with Gasteiger partial charge in [-0.1, -0.05) is 27.2 Å². The summed E-state index contributed by atoms with van der Waals surface area (Å²) in [4.78, 5) is 0. The molecular formula is C13H26O. The van der Waals surface area contributed by atoms with E-state index in [0.29, 0.717) is 17.8 Å². The Labute approximate surface area is 88.9 Å². The average Bonchev–Trinajstić information content (AvgIpc) is 2.01. The average molecular weight is 198 g/mol. The molecule has 3 unspecified atom stereocenters. The first-order valence-electron chi connectivity index (χ1n) is 6.04. The zero-order valence-electron chi connectivity index (χ0n) is 10.4. The molecule has 0 aromatic heterocycles. The molecule has 14 heavy (non-hydrogen) atoms. The van der Waals surface area contributed by atoms with Crippen molar-refractivity contribution < 1.29 is 5.11 Å². The molecule has 0 aliphatic heterocycles. The minimum absolute atomic E-state index is 0.492. The molecule has 1 N–H and O–H groups in total. The van der Waals surface area contributed by atoms with Crippen molar-refractivity contribution >= 4 is 0 Å². The summed E-state index contributed by atoms with van der Waals surface area (Å²) in [6.45, 7) is 10.9. The minimum Gasteiger partial charge on any atom is -0.390 e. The van der Waals surface area contributed by atoms with Crippen molar-refractivity contribution in [3.05, 3.63) is 0 Å². The lowest BCUT2D eigenvalue weighted by molar-refractivity contribution is -0.0487. The second-order valence-corrected chi connectivity index (χ2v) is 6.09. The molecule has 0 heterocycles. The maximum absolute atomic E-state index is 10.2. The highest BCUT2D eigenvalue weighted by Gasteiger charge is 2.38. The largest absolute Gasteiger partial charge is 0.390 e. The predicted octanol–water partition coefficient (Wildman–Crippen LogP) is 3.47. The van der Waals surface area contributed by atoms with E-state index < -0.39 is 5.60 Å². The Kier molecular flexibility index (Phi) is 3.63. The zero-order valence-corrected chi connectivity index (χ0v) is 10.4. The van der Waals surface area contributed by atoms with E-state index >= 15 is 0 Å². The van der Waals surface area contributed by atoms with Gasteiger partial charge in [-0.25, -0.2) is 0 Å². The maximum Gasteiger partial charge on any atom is 0.0622 e. The van der Waals surface area contributed by atoms with Crippen LogP contribution in [0, 0.1) is 23.7 Å². The first kappa shape index (κ1) is 12.0. The molecule has 1 heteroatoms. The smallest absolute Gasteiger partial charge is 0.0622 e. The molecule has 1 saturated carbocycles. The van der Waals surface area contributed by atoms with E-state index in [4.69, 9.17) is 0 Å².